The van der Waals surface area contributed by atoms with Gasteiger partial charge in [-0.05, 0) is 37.5 Å². The first-order valence-electron chi connectivity index (χ1n) is 44.5. The number of carbonyl (C=O) groups is 4. The Balaban J connectivity index is 5.23. The Morgan fingerprint density at radius 3 is 0.724 bits per heavy atom. The molecule has 0 heterocycles. The van der Waals surface area contributed by atoms with E-state index in [1.165, 1.54) is 270 Å². The number of phosphoric ester groups is 2. The van der Waals surface area contributed by atoms with Crippen LogP contribution >= 0.6 is 15.6 Å². The molecule has 3 unspecified atom stereocenters. The van der Waals surface area contributed by atoms with Gasteiger partial charge in [0.2, 0.25) is 0 Å². The molecule has 0 aliphatic rings. The van der Waals surface area contributed by atoms with E-state index in [-0.39, 0.29) is 25.7 Å². The van der Waals surface area contributed by atoms with Crippen molar-refractivity contribution in [1.29, 1.82) is 0 Å². The second-order valence-electron chi connectivity index (χ2n) is 31.6. The minimum Gasteiger partial charge on any atom is -0.462 e. The van der Waals surface area contributed by atoms with Gasteiger partial charge in [-0.3, -0.25) is 37.3 Å². The van der Waals surface area contributed by atoms with Gasteiger partial charge in [-0.25, -0.2) is 9.13 Å². The van der Waals surface area contributed by atoms with E-state index in [0.717, 1.165) is 108 Å². The van der Waals surface area contributed by atoms with E-state index in [4.69, 9.17) is 37.0 Å². The summed E-state index contributed by atoms with van der Waals surface area (Å²) in [6.07, 6.45) is 69.5. The molecule has 0 saturated heterocycles. The number of phosphoric acid groups is 2. The average molecular weight is 1540 g/mol. The van der Waals surface area contributed by atoms with Crippen molar-refractivity contribution in [3.05, 3.63) is 0 Å². The fourth-order valence-corrected chi connectivity index (χ4v) is 15.0. The molecular formula is C86H168O17P2. The van der Waals surface area contributed by atoms with Crippen molar-refractivity contribution in [3.63, 3.8) is 0 Å². The summed E-state index contributed by atoms with van der Waals surface area (Å²) in [7, 11) is -9.93. The van der Waals surface area contributed by atoms with Gasteiger partial charge in [-0.2, -0.15) is 0 Å². The fraction of sp³-hybridized carbons (Fsp3) is 0.953. The van der Waals surface area contributed by atoms with E-state index < -0.39 is 97.5 Å². The lowest BCUT2D eigenvalue weighted by atomic mass is 10.00. The molecule has 19 heteroatoms. The van der Waals surface area contributed by atoms with Crippen LogP contribution in [0.15, 0.2) is 0 Å². The zero-order chi connectivity index (χ0) is 77.1. The highest BCUT2D eigenvalue weighted by molar-refractivity contribution is 7.47. The zero-order valence-electron chi connectivity index (χ0n) is 69.0. The second kappa shape index (κ2) is 77.4. The Hall–Kier alpha value is -1.94. The van der Waals surface area contributed by atoms with Gasteiger partial charge < -0.3 is 33.8 Å². The number of rotatable bonds is 85. The van der Waals surface area contributed by atoms with Crippen molar-refractivity contribution >= 4 is 39.5 Å². The zero-order valence-corrected chi connectivity index (χ0v) is 70.8. The van der Waals surface area contributed by atoms with Gasteiger partial charge in [0.1, 0.15) is 19.3 Å². The van der Waals surface area contributed by atoms with Gasteiger partial charge in [-0.1, -0.05) is 408 Å². The maximum atomic E-state index is 13.1. The summed E-state index contributed by atoms with van der Waals surface area (Å²) in [6, 6.07) is 0. The van der Waals surface area contributed by atoms with Gasteiger partial charge in [0.25, 0.3) is 0 Å². The second-order valence-corrected chi connectivity index (χ2v) is 34.6. The standard InChI is InChI=1S/C86H168O17P2/c1-7-10-12-14-16-18-20-22-24-26-28-30-32-37-41-45-49-56-62-68-83(88)96-74-81(102-85(90)70-64-58-50-46-42-38-33-31-29-27-25-23-21-19-17-15-13-11-8-2)76-100-104(92,93)98-72-80(87)73-99-105(94,95)101-77-82(75-97-84(89)69-63-57-53-52-55-61-67-79(6)9-3)103-86(91)71-65-59-51-47-43-39-35-34-36-40-44-48-54-60-66-78(4)5/h78-82,87H,7-77H2,1-6H3,(H,92,93)(H,94,95)/t79?,80-,81-,82-/m1/s1. The lowest BCUT2D eigenvalue weighted by Crippen LogP contribution is -2.30. The Labute approximate surface area is 645 Å². The molecule has 0 fully saturated rings. The lowest BCUT2D eigenvalue weighted by Gasteiger charge is -2.21. The first-order chi connectivity index (χ1) is 50.9. The lowest BCUT2D eigenvalue weighted by molar-refractivity contribution is -0.161. The molecule has 0 aromatic rings. The number of aliphatic hydroxyl groups is 1. The van der Waals surface area contributed by atoms with Crippen LogP contribution in [-0.2, 0) is 65.4 Å². The highest BCUT2D eigenvalue weighted by atomic mass is 31.2. The smallest absolute Gasteiger partial charge is 0.462 e. The summed E-state index contributed by atoms with van der Waals surface area (Å²) in [5.74, 6) is -0.577. The first-order valence-corrected chi connectivity index (χ1v) is 47.5. The fourth-order valence-electron chi connectivity index (χ4n) is 13.4. The first kappa shape index (κ1) is 103. The Morgan fingerprint density at radius 2 is 0.486 bits per heavy atom. The molecule has 624 valence electrons. The van der Waals surface area contributed by atoms with Crippen LogP contribution in [0.5, 0.6) is 0 Å². The SMILES string of the molecule is CCCCCCCCCCCCCCCCCCCCCC(=O)OC[C@H](COP(=O)(O)OC[C@@H](O)COP(=O)(O)OC[C@@H](COC(=O)CCCCCCCCC(C)CC)OC(=O)CCCCCCCCCCCCCCCCC(C)C)OC(=O)CCCCCCCCCCCCCCCCCCCCC. The Bertz CT molecular complexity index is 2010. The number of esters is 4. The molecule has 6 atom stereocenters. The van der Waals surface area contributed by atoms with Gasteiger partial charge >= 0.3 is 39.5 Å². The van der Waals surface area contributed by atoms with E-state index in [2.05, 4.69) is 41.5 Å². The average Bonchev–Trinajstić information content (AvgIpc) is 0.950. The molecule has 0 spiro atoms. The Kier molecular flexibility index (Phi) is 76.0. The molecule has 0 rings (SSSR count). The molecule has 0 aromatic heterocycles. The van der Waals surface area contributed by atoms with Crippen LogP contribution in [0.3, 0.4) is 0 Å². The van der Waals surface area contributed by atoms with Crippen LogP contribution < -0.4 is 0 Å². The largest absolute Gasteiger partial charge is 0.472 e. The summed E-state index contributed by atoms with van der Waals surface area (Å²) in [4.78, 5) is 73.2. The quantitative estimate of drug-likeness (QED) is 0.0222. The maximum absolute atomic E-state index is 13.1. The van der Waals surface area contributed by atoms with Crippen LogP contribution in [0.25, 0.3) is 0 Å². The third kappa shape index (κ3) is 78.5. The number of hydrogen-bond acceptors (Lipinski definition) is 15. The molecule has 0 aliphatic carbocycles. The van der Waals surface area contributed by atoms with Crippen LogP contribution in [-0.4, -0.2) is 96.7 Å². The maximum Gasteiger partial charge on any atom is 0.472 e. The van der Waals surface area contributed by atoms with Crippen LogP contribution in [0, 0.1) is 11.8 Å². The van der Waals surface area contributed by atoms with Crippen molar-refractivity contribution < 1.29 is 80.2 Å². The Morgan fingerprint density at radius 1 is 0.276 bits per heavy atom. The van der Waals surface area contributed by atoms with Crippen LogP contribution in [0.1, 0.15) is 459 Å². The molecule has 0 aromatic carbocycles. The summed E-state index contributed by atoms with van der Waals surface area (Å²) in [5.41, 5.74) is 0. The van der Waals surface area contributed by atoms with Gasteiger partial charge in [0.15, 0.2) is 12.2 Å². The van der Waals surface area contributed by atoms with Gasteiger partial charge in [0.05, 0.1) is 26.4 Å². The van der Waals surface area contributed by atoms with E-state index in [0.29, 0.717) is 25.7 Å². The van der Waals surface area contributed by atoms with E-state index in [1.54, 1.807) is 0 Å². The van der Waals surface area contributed by atoms with Crippen molar-refractivity contribution in [2.75, 3.05) is 39.6 Å². The van der Waals surface area contributed by atoms with Crippen molar-refractivity contribution in [2.24, 2.45) is 11.8 Å². The molecule has 0 saturated carbocycles. The summed E-state index contributed by atoms with van der Waals surface area (Å²) >= 11 is 0. The van der Waals surface area contributed by atoms with Gasteiger partial charge in [0, 0.05) is 25.7 Å². The van der Waals surface area contributed by atoms with Crippen LogP contribution in [0.2, 0.25) is 0 Å². The molecule has 0 amide bonds. The van der Waals surface area contributed by atoms with Crippen molar-refractivity contribution in [3.8, 4) is 0 Å². The monoisotopic (exact) mass is 1540 g/mol. The number of ether oxygens (including phenoxy) is 4. The topological polar surface area (TPSA) is 237 Å². The van der Waals surface area contributed by atoms with E-state index >= 15 is 0 Å². The molecule has 17 nitrogen and oxygen atoms in total. The third-order valence-electron chi connectivity index (χ3n) is 20.6. The predicted octanol–water partition coefficient (Wildman–Crippen LogP) is 26.2. The number of unbranched alkanes of at least 4 members (excludes halogenated alkanes) is 54. The van der Waals surface area contributed by atoms with Gasteiger partial charge in [-0.15, -0.1) is 0 Å². The molecular weight excluding hydrogens is 1370 g/mol. The summed E-state index contributed by atoms with van der Waals surface area (Å²) in [5, 5.41) is 10.7. The molecule has 0 aliphatic heterocycles. The highest BCUT2D eigenvalue weighted by Crippen LogP contribution is 2.45. The minimum absolute atomic E-state index is 0.107. The van der Waals surface area contributed by atoms with E-state index in [1.807, 2.05) is 0 Å². The number of aliphatic hydroxyl groups excluding tert-OH is 1. The van der Waals surface area contributed by atoms with Crippen LogP contribution in [0.4, 0.5) is 0 Å². The minimum atomic E-state index is -4.97. The van der Waals surface area contributed by atoms with E-state index in [9.17, 15) is 43.2 Å². The predicted molar refractivity (Wildman–Crippen MR) is 432 cm³/mol. The summed E-state index contributed by atoms with van der Waals surface area (Å²) in [6.45, 7) is 9.65. The molecule has 0 radical (unpaired) electrons. The summed E-state index contributed by atoms with van der Waals surface area (Å²) < 4.78 is 68.9. The van der Waals surface area contributed by atoms with Crippen molar-refractivity contribution in [1.82, 2.24) is 0 Å². The van der Waals surface area contributed by atoms with Crippen molar-refractivity contribution in [2.45, 2.75) is 477 Å². The normalized spacial score (nSPS) is 14.1. The highest BCUT2D eigenvalue weighted by Gasteiger charge is 2.30. The third-order valence-corrected chi connectivity index (χ3v) is 22.5. The molecule has 3 N–H and O–H groups in total. The molecule has 105 heavy (non-hydrogen) atoms. The number of carbonyl (C=O) groups excluding carboxylic acids is 4. The molecule has 0 bridgehead atoms. The number of hydrogen-bond donors (Lipinski definition) is 3.